The summed E-state index contributed by atoms with van der Waals surface area (Å²) in [6.07, 6.45) is 2.86. The van der Waals surface area contributed by atoms with Gasteiger partial charge in [0.15, 0.2) is 0 Å². The highest BCUT2D eigenvalue weighted by Gasteiger charge is 2.27. The Morgan fingerprint density at radius 2 is 1.62 bits per heavy atom. The van der Waals surface area contributed by atoms with Crippen LogP contribution < -0.4 is 10.2 Å². The summed E-state index contributed by atoms with van der Waals surface area (Å²) in [4.78, 5) is 38.3. The van der Waals surface area contributed by atoms with Crippen molar-refractivity contribution in [1.82, 2.24) is 5.32 Å². The van der Waals surface area contributed by atoms with E-state index in [-0.39, 0.29) is 17.1 Å². The summed E-state index contributed by atoms with van der Waals surface area (Å²) in [7, 11) is 0. The van der Waals surface area contributed by atoms with Gasteiger partial charge in [-0.05, 0) is 58.1 Å². The van der Waals surface area contributed by atoms with E-state index in [1.54, 1.807) is 6.08 Å². The molecule has 1 saturated heterocycles. The van der Waals surface area contributed by atoms with Crippen molar-refractivity contribution in [3.8, 4) is 11.1 Å². The fourth-order valence-electron chi connectivity index (χ4n) is 4.01. The zero-order chi connectivity index (χ0) is 22.1. The average Bonchev–Trinajstić information content (AvgIpc) is 3.13. The van der Waals surface area contributed by atoms with Crippen LogP contribution in [0, 0.1) is 0 Å². The predicted octanol–water partition coefficient (Wildman–Crippen LogP) is 5.16. The molecule has 0 aliphatic carbocycles. The fraction of sp³-hybridized carbons (Fsp3) is 0.115. The first-order chi connectivity index (χ1) is 15.6. The largest absolute Gasteiger partial charge is 0.308 e. The van der Waals surface area contributed by atoms with Crippen LogP contribution in [0.25, 0.3) is 17.2 Å². The quantitative estimate of drug-likeness (QED) is 0.570. The molecule has 158 valence electrons. The molecule has 2 heterocycles. The Hall–Kier alpha value is -3.64. The number of hydrogen-bond acceptors (Lipinski definition) is 4. The number of nitrogens with one attached hydrogen (secondary N) is 1. The van der Waals surface area contributed by atoms with Crippen LogP contribution in [0.1, 0.15) is 23.1 Å². The van der Waals surface area contributed by atoms with Gasteiger partial charge in [0.05, 0.1) is 11.4 Å². The number of amides is 3. The average molecular weight is 441 g/mol. The molecule has 0 atom stereocenters. The van der Waals surface area contributed by atoms with E-state index in [0.29, 0.717) is 24.3 Å². The third-order valence-corrected chi connectivity index (χ3v) is 6.46. The maximum atomic E-state index is 12.8. The van der Waals surface area contributed by atoms with Crippen LogP contribution >= 0.6 is 11.8 Å². The van der Waals surface area contributed by atoms with Crippen molar-refractivity contribution in [3.63, 3.8) is 0 Å². The monoisotopic (exact) mass is 440 g/mol. The molecule has 5 nitrogen and oxygen atoms in total. The lowest BCUT2D eigenvalue weighted by atomic mass is 9.97. The SMILES string of the molecule is O=C1NC(=O)C(=Cc2ccc3c(c2)N(Cc2ccc(-c4ccccc4)cc2)C(=O)CC3)S1. The zero-order valence-corrected chi connectivity index (χ0v) is 18.0. The Morgan fingerprint density at radius 3 is 2.34 bits per heavy atom. The molecule has 0 saturated carbocycles. The van der Waals surface area contributed by atoms with Gasteiger partial charge in [-0.3, -0.25) is 19.7 Å². The van der Waals surface area contributed by atoms with E-state index in [1.165, 1.54) is 0 Å². The van der Waals surface area contributed by atoms with Gasteiger partial charge < -0.3 is 4.90 Å². The number of nitrogens with zero attached hydrogens (tertiary/aromatic N) is 1. The third kappa shape index (κ3) is 4.09. The van der Waals surface area contributed by atoms with Gasteiger partial charge in [0.2, 0.25) is 5.91 Å². The van der Waals surface area contributed by atoms with Crippen molar-refractivity contribution in [2.75, 3.05) is 4.90 Å². The number of aryl methyl sites for hydroxylation is 1. The summed E-state index contributed by atoms with van der Waals surface area (Å²) in [6, 6.07) is 24.3. The zero-order valence-electron chi connectivity index (χ0n) is 17.2. The maximum absolute atomic E-state index is 12.8. The minimum atomic E-state index is -0.385. The maximum Gasteiger partial charge on any atom is 0.290 e. The van der Waals surface area contributed by atoms with Gasteiger partial charge in [-0.1, -0.05) is 66.7 Å². The second-order valence-corrected chi connectivity index (χ2v) is 8.80. The molecular weight excluding hydrogens is 420 g/mol. The van der Waals surface area contributed by atoms with Crippen LogP contribution in [0.3, 0.4) is 0 Å². The van der Waals surface area contributed by atoms with E-state index in [2.05, 4.69) is 41.7 Å². The summed E-state index contributed by atoms with van der Waals surface area (Å²) < 4.78 is 0. The van der Waals surface area contributed by atoms with Crippen LogP contribution in [-0.4, -0.2) is 17.1 Å². The molecule has 1 fully saturated rings. The minimum Gasteiger partial charge on any atom is -0.308 e. The molecule has 2 aliphatic heterocycles. The third-order valence-electron chi connectivity index (χ3n) is 5.65. The van der Waals surface area contributed by atoms with Crippen molar-refractivity contribution in [2.45, 2.75) is 19.4 Å². The van der Waals surface area contributed by atoms with Gasteiger partial charge >= 0.3 is 0 Å². The Labute approximate surface area is 190 Å². The van der Waals surface area contributed by atoms with Crippen LogP contribution in [0.5, 0.6) is 0 Å². The summed E-state index contributed by atoms with van der Waals surface area (Å²) in [5.41, 5.74) is 6.09. The Bertz CT molecular complexity index is 1250. The van der Waals surface area contributed by atoms with Crippen molar-refractivity contribution in [2.24, 2.45) is 0 Å². The van der Waals surface area contributed by atoms with Crippen LogP contribution in [0.4, 0.5) is 10.5 Å². The van der Waals surface area contributed by atoms with E-state index >= 15 is 0 Å². The molecule has 3 amide bonds. The van der Waals surface area contributed by atoms with Gasteiger partial charge in [-0.2, -0.15) is 0 Å². The topological polar surface area (TPSA) is 66.5 Å². The molecule has 0 aromatic heterocycles. The molecule has 0 spiro atoms. The second kappa shape index (κ2) is 8.48. The number of hydrogen-bond donors (Lipinski definition) is 1. The lowest BCUT2D eigenvalue weighted by molar-refractivity contribution is -0.119. The number of thioether (sulfide) groups is 1. The molecule has 2 aliphatic rings. The number of rotatable bonds is 4. The van der Waals surface area contributed by atoms with Crippen molar-refractivity contribution >= 4 is 40.6 Å². The van der Waals surface area contributed by atoms with E-state index < -0.39 is 0 Å². The van der Waals surface area contributed by atoms with Gasteiger partial charge in [0.1, 0.15) is 0 Å². The first kappa shape index (κ1) is 20.3. The standard InChI is InChI=1S/C26H20N2O3S/c29-24-13-12-21-11-8-18(15-23-25(30)27-26(31)32-23)14-22(21)28(24)16-17-6-9-20(10-7-17)19-4-2-1-3-5-19/h1-11,14-15H,12-13,16H2,(H,27,30,31). The second-order valence-electron chi connectivity index (χ2n) is 7.78. The minimum absolute atomic E-state index is 0.0811. The summed E-state index contributed by atoms with van der Waals surface area (Å²) in [6.45, 7) is 0.481. The Morgan fingerprint density at radius 1 is 0.875 bits per heavy atom. The summed E-state index contributed by atoms with van der Waals surface area (Å²) >= 11 is 0.890. The number of imide groups is 1. The Kier molecular flexibility index (Phi) is 5.37. The highest BCUT2D eigenvalue weighted by atomic mass is 32.2. The molecule has 6 heteroatoms. The molecule has 5 rings (SSSR count). The van der Waals surface area contributed by atoms with Crippen molar-refractivity contribution in [1.29, 1.82) is 0 Å². The Balaban J connectivity index is 1.42. The molecule has 1 N–H and O–H groups in total. The van der Waals surface area contributed by atoms with Gasteiger partial charge in [0.25, 0.3) is 11.1 Å². The van der Waals surface area contributed by atoms with Crippen molar-refractivity contribution < 1.29 is 14.4 Å². The smallest absolute Gasteiger partial charge is 0.290 e. The number of benzene rings is 3. The van der Waals surface area contributed by atoms with Gasteiger partial charge in [0, 0.05) is 12.1 Å². The lowest BCUT2D eigenvalue weighted by Crippen LogP contribution is -2.34. The molecule has 3 aromatic carbocycles. The predicted molar refractivity (Wildman–Crippen MR) is 127 cm³/mol. The number of anilines is 1. The van der Waals surface area contributed by atoms with E-state index in [0.717, 1.165) is 45.3 Å². The van der Waals surface area contributed by atoms with E-state index in [4.69, 9.17) is 0 Å². The highest BCUT2D eigenvalue weighted by Crippen LogP contribution is 2.33. The van der Waals surface area contributed by atoms with E-state index in [9.17, 15) is 14.4 Å². The van der Waals surface area contributed by atoms with Crippen molar-refractivity contribution in [3.05, 3.63) is 94.4 Å². The van der Waals surface area contributed by atoms with Gasteiger partial charge in [-0.25, -0.2) is 0 Å². The number of fused-ring (bicyclic) bond motifs is 1. The molecule has 32 heavy (non-hydrogen) atoms. The summed E-state index contributed by atoms with van der Waals surface area (Å²) in [5, 5.41) is 1.90. The molecule has 3 aromatic rings. The fourth-order valence-corrected chi connectivity index (χ4v) is 4.69. The molecule has 0 unspecified atom stereocenters. The molecule has 0 bridgehead atoms. The molecular formula is C26H20N2O3S. The summed E-state index contributed by atoms with van der Waals surface area (Å²) in [5.74, 6) is -0.304. The highest BCUT2D eigenvalue weighted by molar-refractivity contribution is 8.18. The normalized spacial score (nSPS) is 16.9. The first-order valence-electron chi connectivity index (χ1n) is 10.4. The number of carbonyl (C=O) groups excluding carboxylic acids is 3. The van der Waals surface area contributed by atoms with Gasteiger partial charge in [-0.15, -0.1) is 0 Å². The number of carbonyl (C=O) groups is 3. The van der Waals surface area contributed by atoms with E-state index in [1.807, 2.05) is 41.3 Å². The lowest BCUT2D eigenvalue weighted by Gasteiger charge is -2.30. The van der Waals surface area contributed by atoms with Crippen LogP contribution in [0.15, 0.2) is 77.7 Å². The van der Waals surface area contributed by atoms with Crippen LogP contribution in [0.2, 0.25) is 0 Å². The van der Waals surface area contributed by atoms with Crippen LogP contribution in [-0.2, 0) is 22.6 Å². The molecule has 0 radical (unpaired) electrons. The first-order valence-corrected chi connectivity index (χ1v) is 11.2.